The lowest BCUT2D eigenvalue weighted by Crippen LogP contribution is -2.40. The Balaban J connectivity index is 1.50. The third-order valence-electron chi connectivity index (χ3n) is 5.80. The summed E-state index contributed by atoms with van der Waals surface area (Å²) >= 11 is 0. The summed E-state index contributed by atoms with van der Waals surface area (Å²) in [5.41, 5.74) is 2.58. The topological polar surface area (TPSA) is 98.0 Å². The fourth-order valence-electron chi connectivity index (χ4n) is 3.92. The molecule has 178 valence electrons. The monoisotopic (exact) mass is 464 g/mol. The molecule has 0 bridgehead atoms. The second-order valence-electron chi connectivity index (χ2n) is 8.24. The number of rotatable bonds is 8. The van der Waals surface area contributed by atoms with Gasteiger partial charge in [0.1, 0.15) is 18.0 Å². The van der Waals surface area contributed by atoms with Crippen molar-refractivity contribution in [3.8, 4) is 5.75 Å². The van der Waals surface area contributed by atoms with E-state index in [1.54, 1.807) is 18.9 Å². The highest BCUT2D eigenvalue weighted by molar-refractivity contribution is 5.95. The number of aromatic nitrogens is 2. The van der Waals surface area contributed by atoms with Gasteiger partial charge in [-0.1, -0.05) is 47.6 Å². The van der Waals surface area contributed by atoms with Gasteiger partial charge in [0.2, 0.25) is 5.91 Å². The molecule has 2 heterocycles. The number of amides is 2. The molecule has 1 aromatic heterocycles. The van der Waals surface area contributed by atoms with Gasteiger partial charge in [-0.25, -0.2) is 4.63 Å². The van der Waals surface area contributed by atoms with E-state index >= 15 is 0 Å². The number of carbonyl (C=O) groups is 2. The average molecular weight is 465 g/mol. The minimum Gasteiger partial charge on any atom is -0.497 e. The first-order valence-electron chi connectivity index (χ1n) is 11.2. The van der Waals surface area contributed by atoms with Crippen LogP contribution in [-0.4, -0.2) is 71.3 Å². The Morgan fingerprint density at radius 1 is 1.09 bits per heavy atom. The summed E-state index contributed by atoms with van der Waals surface area (Å²) in [4.78, 5) is 29.4. The highest BCUT2D eigenvalue weighted by Gasteiger charge is 2.33. The van der Waals surface area contributed by atoms with Crippen molar-refractivity contribution in [3.63, 3.8) is 0 Å². The molecule has 0 spiro atoms. The fourth-order valence-corrected chi connectivity index (χ4v) is 3.92. The predicted molar refractivity (Wildman–Crippen MR) is 123 cm³/mol. The van der Waals surface area contributed by atoms with Crippen LogP contribution in [0.4, 0.5) is 0 Å². The van der Waals surface area contributed by atoms with Gasteiger partial charge in [-0.3, -0.25) is 9.59 Å². The molecule has 3 aromatic rings. The van der Waals surface area contributed by atoms with Gasteiger partial charge >= 0.3 is 0 Å². The lowest BCUT2D eigenvalue weighted by atomic mass is 10.1. The van der Waals surface area contributed by atoms with E-state index in [-0.39, 0.29) is 30.8 Å². The summed E-state index contributed by atoms with van der Waals surface area (Å²) in [5, 5.41) is 7.41. The zero-order chi connectivity index (χ0) is 23.9. The molecule has 34 heavy (non-hydrogen) atoms. The number of nitrogens with zero attached hydrogens (tertiary/aromatic N) is 4. The van der Waals surface area contributed by atoms with Gasteiger partial charge in [-0.2, -0.15) is 0 Å². The number of hydrogen-bond acceptors (Lipinski definition) is 7. The first kappa shape index (κ1) is 23.4. The number of ether oxygens (including phenoxy) is 2. The van der Waals surface area contributed by atoms with Crippen molar-refractivity contribution in [1.29, 1.82) is 0 Å². The largest absolute Gasteiger partial charge is 0.497 e. The molecule has 0 aliphatic carbocycles. The van der Waals surface area contributed by atoms with Crippen molar-refractivity contribution < 1.29 is 23.7 Å². The van der Waals surface area contributed by atoms with Crippen LogP contribution in [0.25, 0.3) is 0 Å². The summed E-state index contributed by atoms with van der Waals surface area (Å²) in [6, 6.07) is 17.6. The van der Waals surface area contributed by atoms with Crippen LogP contribution < -0.4 is 4.74 Å². The maximum Gasteiger partial charge on any atom is 0.278 e. The van der Waals surface area contributed by atoms with Crippen molar-refractivity contribution in [3.05, 3.63) is 77.1 Å². The first-order valence-corrected chi connectivity index (χ1v) is 11.2. The maximum atomic E-state index is 13.1. The van der Waals surface area contributed by atoms with Crippen molar-refractivity contribution >= 4 is 11.8 Å². The van der Waals surface area contributed by atoms with Crippen LogP contribution in [0, 0.1) is 6.92 Å². The van der Waals surface area contributed by atoms with E-state index in [0.717, 1.165) is 23.3 Å². The van der Waals surface area contributed by atoms with Crippen LogP contribution in [0.5, 0.6) is 5.75 Å². The normalized spacial score (nSPS) is 16.4. The molecule has 0 N–H and O–H groups in total. The Labute approximate surface area is 198 Å². The Morgan fingerprint density at radius 3 is 2.62 bits per heavy atom. The van der Waals surface area contributed by atoms with Gasteiger partial charge in [0, 0.05) is 19.6 Å². The number of benzene rings is 2. The summed E-state index contributed by atoms with van der Waals surface area (Å²) in [6.45, 7) is 3.09. The Morgan fingerprint density at radius 2 is 1.88 bits per heavy atom. The Kier molecular flexibility index (Phi) is 7.54. The van der Waals surface area contributed by atoms with E-state index in [9.17, 15) is 9.59 Å². The molecule has 2 aromatic carbocycles. The minimum atomic E-state index is -0.396. The van der Waals surface area contributed by atoms with Gasteiger partial charge in [-0.05, 0) is 41.8 Å². The molecule has 1 aliphatic heterocycles. The Bertz CT molecular complexity index is 1120. The molecule has 9 nitrogen and oxygen atoms in total. The van der Waals surface area contributed by atoms with Crippen molar-refractivity contribution in [2.75, 3.05) is 33.3 Å². The van der Waals surface area contributed by atoms with E-state index in [1.807, 2.05) is 54.6 Å². The molecule has 4 rings (SSSR count). The van der Waals surface area contributed by atoms with E-state index in [1.165, 1.54) is 4.90 Å². The van der Waals surface area contributed by atoms with Gasteiger partial charge < -0.3 is 19.3 Å². The minimum absolute atomic E-state index is 0.0566. The standard InChI is InChI=1S/C25H28N4O5/c1-18-24(27-34-26-18)25(31)29-15-22(33-17-20-9-6-10-21(13-20)32-2)14-28(23(30)16-29)12-11-19-7-4-3-5-8-19/h3-10,13,22H,11-12,14-17H2,1-2H3/t22-/m1/s1. The van der Waals surface area contributed by atoms with Crippen LogP contribution in [-0.2, 0) is 22.6 Å². The molecular weight excluding hydrogens is 436 g/mol. The molecule has 1 saturated heterocycles. The maximum absolute atomic E-state index is 13.1. The van der Waals surface area contributed by atoms with Gasteiger partial charge in [-0.15, -0.1) is 0 Å². The lowest BCUT2D eigenvalue weighted by Gasteiger charge is -2.25. The van der Waals surface area contributed by atoms with Crippen molar-refractivity contribution in [2.24, 2.45) is 0 Å². The first-order chi connectivity index (χ1) is 16.5. The van der Waals surface area contributed by atoms with E-state index in [4.69, 9.17) is 14.1 Å². The van der Waals surface area contributed by atoms with Crippen LogP contribution in [0.1, 0.15) is 27.3 Å². The zero-order valence-electron chi connectivity index (χ0n) is 19.3. The van der Waals surface area contributed by atoms with E-state index in [0.29, 0.717) is 25.4 Å². The molecule has 1 aliphatic rings. The van der Waals surface area contributed by atoms with E-state index in [2.05, 4.69) is 10.3 Å². The zero-order valence-corrected chi connectivity index (χ0v) is 19.3. The second-order valence-corrected chi connectivity index (χ2v) is 8.24. The average Bonchev–Trinajstić information content (AvgIpc) is 3.22. The highest BCUT2D eigenvalue weighted by atomic mass is 16.6. The van der Waals surface area contributed by atoms with Gasteiger partial charge in [0.05, 0.1) is 19.8 Å². The molecule has 9 heteroatoms. The highest BCUT2D eigenvalue weighted by Crippen LogP contribution is 2.17. The third-order valence-corrected chi connectivity index (χ3v) is 5.80. The smallest absolute Gasteiger partial charge is 0.278 e. The summed E-state index contributed by atoms with van der Waals surface area (Å²) in [5.74, 6) is 0.213. The van der Waals surface area contributed by atoms with Gasteiger partial charge in [0.25, 0.3) is 5.91 Å². The molecular formula is C25H28N4O5. The Hall–Kier alpha value is -3.72. The molecule has 1 fully saturated rings. The summed E-state index contributed by atoms with van der Waals surface area (Å²) in [7, 11) is 1.62. The molecule has 2 amide bonds. The van der Waals surface area contributed by atoms with E-state index < -0.39 is 5.91 Å². The van der Waals surface area contributed by atoms with Crippen molar-refractivity contribution in [1.82, 2.24) is 20.1 Å². The molecule has 0 unspecified atom stereocenters. The quantitative estimate of drug-likeness (QED) is 0.505. The lowest BCUT2D eigenvalue weighted by molar-refractivity contribution is -0.131. The predicted octanol–water partition coefficient (Wildman–Crippen LogP) is 2.50. The summed E-state index contributed by atoms with van der Waals surface area (Å²) in [6.07, 6.45) is 0.340. The SMILES string of the molecule is COc1cccc(CO[C@@H]2CN(CCc3ccccc3)C(=O)CN(C(=O)c3nonc3C)C2)c1. The molecule has 0 saturated carbocycles. The number of hydrogen-bond donors (Lipinski definition) is 0. The van der Waals surface area contributed by atoms with Crippen LogP contribution >= 0.6 is 0 Å². The third kappa shape index (κ3) is 5.79. The number of methoxy groups -OCH3 is 1. The summed E-state index contributed by atoms with van der Waals surface area (Å²) < 4.78 is 16.2. The molecule has 1 atom stereocenters. The number of aryl methyl sites for hydroxylation is 1. The molecule has 0 radical (unpaired) electrons. The van der Waals surface area contributed by atoms with Crippen LogP contribution in [0.3, 0.4) is 0 Å². The van der Waals surface area contributed by atoms with Crippen molar-refractivity contribution in [2.45, 2.75) is 26.1 Å². The van der Waals surface area contributed by atoms with Crippen LogP contribution in [0.15, 0.2) is 59.2 Å². The fraction of sp³-hybridized carbons (Fsp3) is 0.360. The number of carbonyl (C=O) groups excluding carboxylic acids is 2. The van der Waals surface area contributed by atoms with Crippen LogP contribution in [0.2, 0.25) is 0 Å². The second kappa shape index (κ2) is 10.9. The van der Waals surface area contributed by atoms with Gasteiger partial charge in [0.15, 0.2) is 5.69 Å².